The summed E-state index contributed by atoms with van der Waals surface area (Å²) in [5, 5.41) is 9.01. The lowest BCUT2D eigenvalue weighted by Gasteiger charge is -1.97. The normalized spacial score (nSPS) is 11.3. The van der Waals surface area contributed by atoms with E-state index in [4.69, 9.17) is 16.0 Å². The molecule has 1 N–H and O–H groups in total. The molecular weight excluding hydrogens is 366 g/mol. The SMILES string of the molecule is Clc1ccc2nc(Cn3cc(-c4cnc(-c5ccco5)nc4)nn3)[nH]c2c1. The first-order chi connectivity index (χ1) is 13.2. The summed E-state index contributed by atoms with van der Waals surface area (Å²) in [7, 11) is 0. The Bertz CT molecular complexity index is 1210. The number of aromatic amines is 1. The summed E-state index contributed by atoms with van der Waals surface area (Å²) in [5.74, 6) is 1.92. The maximum absolute atomic E-state index is 6.01. The number of H-pyrrole nitrogens is 1. The molecule has 0 bridgehead atoms. The Kier molecular flexibility index (Phi) is 3.68. The second kappa shape index (κ2) is 6.33. The summed E-state index contributed by atoms with van der Waals surface area (Å²) in [6, 6.07) is 9.14. The average molecular weight is 378 g/mol. The van der Waals surface area contributed by atoms with Crippen molar-refractivity contribution in [1.82, 2.24) is 34.9 Å². The van der Waals surface area contributed by atoms with Crippen LogP contribution in [0.3, 0.4) is 0 Å². The third kappa shape index (κ3) is 3.06. The number of furan rings is 1. The van der Waals surface area contributed by atoms with Gasteiger partial charge >= 0.3 is 0 Å². The molecule has 0 aliphatic rings. The summed E-state index contributed by atoms with van der Waals surface area (Å²) in [6.45, 7) is 0.463. The van der Waals surface area contributed by atoms with Gasteiger partial charge in [-0.3, -0.25) is 0 Å². The van der Waals surface area contributed by atoms with E-state index >= 15 is 0 Å². The summed E-state index contributed by atoms with van der Waals surface area (Å²) < 4.78 is 7.00. The molecule has 5 aromatic rings. The average Bonchev–Trinajstić information content (AvgIpc) is 3.42. The molecule has 27 heavy (non-hydrogen) atoms. The Morgan fingerprint density at radius 3 is 2.85 bits per heavy atom. The number of rotatable bonds is 4. The van der Waals surface area contributed by atoms with E-state index in [-0.39, 0.29) is 0 Å². The maximum atomic E-state index is 6.01. The molecule has 1 aromatic carbocycles. The summed E-state index contributed by atoms with van der Waals surface area (Å²) in [4.78, 5) is 16.4. The van der Waals surface area contributed by atoms with Gasteiger partial charge in [0.15, 0.2) is 11.6 Å². The molecule has 132 valence electrons. The summed E-state index contributed by atoms with van der Waals surface area (Å²) in [6.07, 6.45) is 6.81. The zero-order valence-electron chi connectivity index (χ0n) is 13.9. The molecule has 0 fully saturated rings. The van der Waals surface area contributed by atoms with Crippen LogP contribution in [0.15, 0.2) is 59.6 Å². The van der Waals surface area contributed by atoms with Gasteiger partial charge in [0.05, 0.1) is 23.5 Å². The minimum atomic E-state index is 0.463. The molecular formula is C18H12ClN7O. The Hall–Kier alpha value is -3.52. The van der Waals surface area contributed by atoms with Gasteiger partial charge in [0.1, 0.15) is 18.1 Å². The molecule has 0 unspecified atom stereocenters. The molecule has 0 amide bonds. The molecule has 0 spiro atoms. The lowest BCUT2D eigenvalue weighted by molar-refractivity contribution is 0.577. The van der Waals surface area contributed by atoms with Gasteiger partial charge < -0.3 is 9.40 Å². The second-order valence-electron chi connectivity index (χ2n) is 5.92. The van der Waals surface area contributed by atoms with Crippen LogP contribution in [0.2, 0.25) is 5.02 Å². The first-order valence-electron chi connectivity index (χ1n) is 8.15. The number of hydrogen-bond donors (Lipinski definition) is 1. The maximum Gasteiger partial charge on any atom is 0.195 e. The van der Waals surface area contributed by atoms with E-state index in [1.165, 1.54) is 0 Å². The quantitative estimate of drug-likeness (QED) is 0.514. The van der Waals surface area contributed by atoms with Crippen LogP contribution in [0.25, 0.3) is 33.9 Å². The molecule has 5 rings (SSSR count). The van der Waals surface area contributed by atoms with Crippen LogP contribution >= 0.6 is 11.6 Å². The first-order valence-corrected chi connectivity index (χ1v) is 8.53. The largest absolute Gasteiger partial charge is 0.461 e. The van der Waals surface area contributed by atoms with Crippen molar-refractivity contribution in [2.75, 3.05) is 0 Å². The lowest BCUT2D eigenvalue weighted by Crippen LogP contribution is -2.01. The third-order valence-electron chi connectivity index (χ3n) is 4.03. The Morgan fingerprint density at radius 2 is 2.04 bits per heavy atom. The molecule has 4 heterocycles. The monoisotopic (exact) mass is 377 g/mol. The highest BCUT2D eigenvalue weighted by Crippen LogP contribution is 2.20. The molecule has 0 atom stereocenters. The van der Waals surface area contributed by atoms with Crippen molar-refractivity contribution < 1.29 is 4.42 Å². The predicted molar refractivity (Wildman–Crippen MR) is 99.0 cm³/mol. The van der Waals surface area contributed by atoms with Crippen molar-refractivity contribution >= 4 is 22.6 Å². The summed E-state index contributed by atoms with van der Waals surface area (Å²) in [5.41, 5.74) is 3.20. The third-order valence-corrected chi connectivity index (χ3v) is 4.27. The van der Waals surface area contributed by atoms with Gasteiger partial charge in [0.2, 0.25) is 0 Å². The van der Waals surface area contributed by atoms with Crippen molar-refractivity contribution in [2.24, 2.45) is 0 Å². The number of aromatic nitrogens is 7. The van der Waals surface area contributed by atoms with Crippen LogP contribution in [-0.4, -0.2) is 34.9 Å². The minimum absolute atomic E-state index is 0.463. The van der Waals surface area contributed by atoms with E-state index in [0.29, 0.717) is 28.8 Å². The van der Waals surface area contributed by atoms with E-state index in [0.717, 1.165) is 22.4 Å². The smallest absolute Gasteiger partial charge is 0.195 e. The number of nitrogens with zero attached hydrogens (tertiary/aromatic N) is 6. The van der Waals surface area contributed by atoms with E-state index in [1.54, 1.807) is 29.4 Å². The van der Waals surface area contributed by atoms with Crippen LogP contribution in [-0.2, 0) is 6.54 Å². The Balaban J connectivity index is 1.37. The molecule has 0 saturated carbocycles. The fraction of sp³-hybridized carbons (Fsp3) is 0.0556. The Labute approximate surface area is 157 Å². The molecule has 0 radical (unpaired) electrons. The van der Waals surface area contributed by atoms with E-state index in [2.05, 4.69) is 30.2 Å². The standard InChI is InChI=1S/C18H12ClN7O/c19-12-3-4-13-14(6-12)23-17(22-13)10-26-9-15(24-25-26)11-7-20-18(21-8-11)16-2-1-5-27-16/h1-9H,10H2,(H,22,23). The van der Waals surface area contributed by atoms with E-state index < -0.39 is 0 Å². The van der Waals surface area contributed by atoms with Gasteiger partial charge in [-0.05, 0) is 30.3 Å². The summed E-state index contributed by atoms with van der Waals surface area (Å²) >= 11 is 6.01. The van der Waals surface area contributed by atoms with Gasteiger partial charge in [0.25, 0.3) is 0 Å². The molecule has 9 heteroatoms. The highest BCUT2D eigenvalue weighted by atomic mass is 35.5. The number of imidazole rings is 1. The van der Waals surface area contributed by atoms with Crippen LogP contribution in [0.4, 0.5) is 0 Å². The molecule has 0 aliphatic heterocycles. The van der Waals surface area contributed by atoms with Gasteiger partial charge in [-0.1, -0.05) is 16.8 Å². The van der Waals surface area contributed by atoms with Gasteiger partial charge in [-0.15, -0.1) is 5.10 Å². The number of fused-ring (bicyclic) bond motifs is 1. The van der Waals surface area contributed by atoms with Crippen LogP contribution in [0, 0.1) is 0 Å². The van der Waals surface area contributed by atoms with Crippen molar-refractivity contribution in [3.05, 3.63) is 66.0 Å². The zero-order valence-corrected chi connectivity index (χ0v) is 14.6. The fourth-order valence-corrected chi connectivity index (χ4v) is 2.94. The zero-order chi connectivity index (χ0) is 18.2. The Morgan fingerprint density at radius 1 is 1.15 bits per heavy atom. The number of halogens is 1. The van der Waals surface area contributed by atoms with Crippen LogP contribution in [0.1, 0.15) is 5.82 Å². The van der Waals surface area contributed by atoms with Gasteiger partial charge in [0, 0.05) is 23.0 Å². The van der Waals surface area contributed by atoms with Crippen LogP contribution in [0.5, 0.6) is 0 Å². The molecule has 4 aromatic heterocycles. The second-order valence-corrected chi connectivity index (χ2v) is 6.36. The van der Waals surface area contributed by atoms with Crippen molar-refractivity contribution in [3.8, 4) is 22.8 Å². The van der Waals surface area contributed by atoms with Crippen molar-refractivity contribution in [3.63, 3.8) is 0 Å². The topological polar surface area (TPSA) is 98.3 Å². The van der Waals surface area contributed by atoms with Gasteiger partial charge in [-0.25, -0.2) is 19.6 Å². The minimum Gasteiger partial charge on any atom is -0.461 e. The number of benzene rings is 1. The molecule has 0 saturated heterocycles. The number of hydrogen-bond acceptors (Lipinski definition) is 6. The lowest BCUT2D eigenvalue weighted by atomic mass is 10.2. The van der Waals surface area contributed by atoms with Crippen molar-refractivity contribution in [2.45, 2.75) is 6.54 Å². The molecule has 0 aliphatic carbocycles. The fourth-order valence-electron chi connectivity index (χ4n) is 2.76. The first kappa shape index (κ1) is 15.7. The highest BCUT2D eigenvalue weighted by Gasteiger charge is 2.10. The predicted octanol–water partition coefficient (Wildman–Crippen LogP) is 3.57. The molecule has 8 nitrogen and oxygen atoms in total. The number of nitrogens with one attached hydrogen (secondary N) is 1. The van der Waals surface area contributed by atoms with Gasteiger partial charge in [-0.2, -0.15) is 0 Å². The van der Waals surface area contributed by atoms with E-state index in [9.17, 15) is 0 Å². The van der Waals surface area contributed by atoms with E-state index in [1.807, 2.05) is 30.5 Å². The highest BCUT2D eigenvalue weighted by molar-refractivity contribution is 6.31. The van der Waals surface area contributed by atoms with Crippen LogP contribution < -0.4 is 0 Å². The van der Waals surface area contributed by atoms with Crippen molar-refractivity contribution in [1.29, 1.82) is 0 Å².